The monoisotopic (exact) mass is 426 g/mol. The van der Waals surface area contributed by atoms with Crippen molar-refractivity contribution in [3.63, 3.8) is 0 Å². The SMILES string of the molecule is CCC(C)CN1NNc2c1ccc(Oc1ncccc1CO)c2Br.CF. The largest absolute Gasteiger partial charge is 0.437 e. The van der Waals surface area contributed by atoms with Crippen LogP contribution in [0.5, 0.6) is 11.6 Å². The first-order valence-electron chi connectivity index (χ1n) is 8.36. The second-order valence-electron chi connectivity index (χ2n) is 5.86. The first-order valence-corrected chi connectivity index (χ1v) is 9.15. The molecule has 3 rings (SSSR count). The number of halogens is 2. The highest BCUT2D eigenvalue weighted by molar-refractivity contribution is 9.10. The van der Waals surface area contributed by atoms with Crippen LogP contribution >= 0.6 is 15.9 Å². The molecule has 0 spiro atoms. The van der Waals surface area contributed by atoms with E-state index in [1.165, 1.54) is 0 Å². The van der Waals surface area contributed by atoms with Crippen molar-refractivity contribution in [1.82, 2.24) is 10.5 Å². The first-order chi connectivity index (χ1) is 12.6. The standard InChI is InChI=1S/C17H21BrN4O2.CH3F/c1-3-11(2)9-22-13-6-7-14(15(18)16(13)20-21-22)24-17-12(10-23)5-4-8-19-17;1-2/h4-8,11,20-21,23H,3,9-10H2,1-2H3;1H3. The molecule has 1 aromatic carbocycles. The number of aliphatic hydroxyl groups is 1. The molecule has 1 atom stereocenters. The molecule has 0 bridgehead atoms. The van der Waals surface area contributed by atoms with E-state index in [-0.39, 0.29) is 6.61 Å². The molecule has 3 N–H and O–H groups in total. The molecule has 0 radical (unpaired) electrons. The Kier molecular flexibility index (Phi) is 7.62. The van der Waals surface area contributed by atoms with E-state index in [2.05, 4.69) is 50.7 Å². The van der Waals surface area contributed by atoms with E-state index in [1.54, 1.807) is 18.3 Å². The van der Waals surface area contributed by atoms with Gasteiger partial charge < -0.3 is 15.3 Å². The van der Waals surface area contributed by atoms with Crippen LogP contribution in [0.25, 0.3) is 0 Å². The number of aliphatic hydroxyl groups excluding tert-OH is 1. The molecule has 6 nitrogen and oxygen atoms in total. The van der Waals surface area contributed by atoms with Crippen LogP contribution in [0.3, 0.4) is 0 Å². The number of aromatic nitrogens is 1. The van der Waals surface area contributed by atoms with Crippen LogP contribution in [-0.2, 0) is 6.61 Å². The van der Waals surface area contributed by atoms with Crippen molar-refractivity contribution in [3.8, 4) is 11.6 Å². The normalized spacial score (nSPS) is 13.4. The van der Waals surface area contributed by atoms with Gasteiger partial charge in [-0.25, -0.2) is 4.98 Å². The van der Waals surface area contributed by atoms with E-state index in [9.17, 15) is 9.50 Å². The number of nitrogens with one attached hydrogen (secondary N) is 2. The highest BCUT2D eigenvalue weighted by Crippen LogP contribution is 2.43. The predicted octanol–water partition coefficient (Wildman–Crippen LogP) is 4.41. The summed E-state index contributed by atoms with van der Waals surface area (Å²) in [7, 11) is 0.500. The van der Waals surface area contributed by atoms with Crippen molar-refractivity contribution in [3.05, 3.63) is 40.5 Å². The molecule has 0 saturated carbocycles. The number of hydrogen-bond donors (Lipinski definition) is 3. The Bertz CT molecular complexity index is 732. The van der Waals surface area contributed by atoms with Gasteiger partial charge in [0.1, 0.15) is 5.75 Å². The number of ether oxygens (including phenoxy) is 1. The van der Waals surface area contributed by atoms with Crippen LogP contribution in [0.4, 0.5) is 15.8 Å². The van der Waals surface area contributed by atoms with Crippen LogP contribution in [0.1, 0.15) is 25.8 Å². The number of hydrazine groups is 2. The van der Waals surface area contributed by atoms with E-state index < -0.39 is 0 Å². The average Bonchev–Trinajstić information content (AvgIpc) is 3.09. The first kappa shape index (κ1) is 20.4. The molecule has 1 unspecified atom stereocenters. The van der Waals surface area contributed by atoms with E-state index in [0.29, 0.717) is 30.3 Å². The molecular weight excluding hydrogens is 403 g/mol. The lowest BCUT2D eigenvalue weighted by molar-refractivity contribution is 0.275. The molecule has 0 amide bonds. The fraction of sp³-hybridized carbons (Fsp3) is 0.389. The summed E-state index contributed by atoms with van der Waals surface area (Å²) in [5, 5.41) is 11.5. The Labute approximate surface area is 161 Å². The summed E-state index contributed by atoms with van der Waals surface area (Å²) in [6.45, 7) is 5.21. The van der Waals surface area contributed by atoms with E-state index >= 15 is 0 Å². The maximum atomic E-state index is 9.50. The number of hydrogen-bond acceptors (Lipinski definition) is 6. The summed E-state index contributed by atoms with van der Waals surface area (Å²) >= 11 is 3.60. The summed E-state index contributed by atoms with van der Waals surface area (Å²) < 4.78 is 16.2. The van der Waals surface area contributed by atoms with Gasteiger partial charge in [-0.2, -0.15) is 0 Å². The zero-order chi connectivity index (χ0) is 19.1. The lowest BCUT2D eigenvalue weighted by atomic mass is 10.1. The Hall–Kier alpha value is -1.90. The molecule has 26 heavy (non-hydrogen) atoms. The number of benzene rings is 1. The zero-order valence-corrected chi connectivity index (χ0v) is 16.7. The Morgan fingerprint density at radius 1 is 1.35 bits per heavy atom. The van der Waals surface area contributed by atoms with Crippen molar-refractivity contribution in [2.45, 2.75) is 26.9 Å². The fourth-order valence-corrected chi connectivity index (χ4v) is 2.99. The van der Waals surface area contributed by atoms with Crippen LogP contribution in [0, 0.1) is 5.92 Å². The third-order valence-corrected chi connectivity index (χ3v) is 4.90. The van der Waals surface area contributed by atoms with E-state index in [0.717, 1.165) is 28.8 Å². The number of alkyl halides is 1. The van der Waals surface area contributed by atoms with Crippen LogP contribution in [0.15, 0.2) is 34.9 Å². The van der Waals surface area contributed by atoms with Crippen molar-refractivity contribution in [1.29, 1.82) is 0 Å². The second kappa shape index (κ2) is 9.70. The molecule has 142 valence electrons. The van der Waals surface area contributed by atoms with Crippen molar-refractivity contribution in [2.24, 2.45) is 5.92 Å². The molecule has 1 aromatic heterocycles. The number of fused-ring (bicyclic) bond motifs is 1. The number of nitrogens with zero attached hydrogens (tertiary/aromatic N) is 2. The van der Waals surface area contributed by atoms with Gasteiger partial charge >= 0.3 is 0 Å². The van der Waals surface area contributed by atoms with Crippen LogP contribution in [-0.4, -0.2) is 23.8 Å². The third-order valence-electron chi connectivity index (χ3n) is 4.11. The Balaban J connectivity index is 0.00000117. The van der Waals surface area contributed by atoms with Crippen molar-refractivity contribution < 1.29 is 14.2 Å². The summed E-state index contributed by atoms with van der Waals surface area (Å²) in [4.78, 5) is 4.20. The average molecular weight is 427 g/mol. The highest BCUT2D eigenvalue weighted by Gasteiger charge is 2.24. The number of anilines is 2. The van der Waals surface area contributed by atoms with Gasteiger partial charge in [-0.3, -0.25) is 9.40 Å². The molecule has 0 aliphatic carbocycles. The van der Waals surface area contributed by atoms with Gasteiger partial charge in [0.2, 0.25) is 5.88 Å². The lowest BCUT2D eigenvalue weighted by Gasteiger charge is -2.21. The molecule has 0 fully saturated rings. The van der Waals surface area contributed by atoms with Gasteiger partial charge in [0, 0.05) is 18.3 Å². The molecule has 1 aliphatic heterocycles. The maximum absolute atomic E-state index is 9.50. The lowest BCUT2D eigenvalue weighted by Crippen LogP contribution is -2.38. The zero-order valence-electron chi connectivity index (χ0n) is 15.1. The van der Waals surface area contributed by atoms with Crippen LogP contribution in [0.2, 0.25) is 0 Å². The van der Waals surface area contributed by atoms with E-state index in [4.69, 9.17) is 4.74 Å². The van der Waals surface area contributed by atoms with Crippen LogP contribution < -0.4 is 20.7 Å². The highest BCUT2D eigenvalue weighted by atomic mass is 79.9. The third kappa shape index (κ3) is 4.44. The maximum Gasteiger partial charge on any atom is 0.224 e. The Morgan fingerprint density at radius 2 is 2.12 bits per heavy atom. The van der Waals surface area contributed by atoms with Gasteiger partial charge in [0.05, 0.1) is 29.6 Å². The second-order valence-corrected chi connectivity index (χ2v) is 6.65. The van der Waals surface area contributed by atoms with E-state index in [1.807, 2.05) is 12.1 Å². The summed E-state index contributed by atoms with van der Waals surface area (Å²) in [6, 6.07) is 7.47. The Morgan fingerprint density at radius 3 is 2.81 bits per heavy atom. The fourth-order valence-electron chi connectivity index (χ4n) is 2.48. The van der Waals surface area contributed by atoms with Crippen molar-refractivity contribution in [2.75, 3.05) is 24.2 Å². The molecule has 1 aliphatic rings. The topological polar surface area (TPSA) is 69.7 Å². The van der Waals surface area contributed by atoms with Gasteiger partial charge in [-0.05, 0) is 46.1 Å². The summed E-state index contributed by atoms with van der Waals surface area (Å²) in [6.07, 6.45) is 2.77. The van der Waals surface area contributed by atoms with Gasteiger partial charge in [0.15, 0.2) is 0 Å². The minimum atomic E-state index is -0.117. The summed E-state index contributed by atoms with van der Waals surface area (Å²) in [5.41, 5.74) is 9.01. The molecular formula is C18H24BrFN4O2. The minimum Gasteiger partial charge on any atom is -0.437 e. The molecule has 0 saturated heterocycles. The quantitative estimate of drug-likeness (QED) is 0.635. The van der Waals surface area contributed by atoms with Gasteiger partial charge in [0.25, 0.3) is 0 Å². The summed E-state index contributed by atoms with van der Waals surface area (Å²) in [5.74, 6) is 1.63. The number of pyridine rings is 1. The molecule has 2 heterocycles. The molecule has 8 heteroatoms. The number of rotatable bonds is 6. The minimum absolute atomic E-state index is 0.117. The van der Waals surface area contributed by atoms with Gasteiger partial charge in [-0.1, -0.05) is 20.3 Å². The molecule has 2 aromatic rings. The van der Waals surface area contributed by atoms with Gasteiger partial charge in [-0.15, -0.1) is 5.53 Å². The predicted molar refractivity (Wildman–Crippen MR) is 105 cm³/mol. The smallest absolute Gasteiger partial charge is 0.224 e. The van der Waals surface area contributed by atoms with Crippen molar-refractivity contribution >= 4 is 27.3 Å².